The second-order valence-electron chi connectivity index (χ2n) is 3.20. The summed E-state index contributed by atoms with van der Waals surface area (Å²) in [5, 5.41) is 9.32. The van der Waals surface area contributed by atoms with Crippen LogP contribution in [0, 0.1) is 12.7 Å². The second kappa shape index (κ2) is 4.78. The van der Waals surface area contributed by atoms with Crippen molar-refractivity contribution in [2.24, 2.45) is 0 Å². The number of nitrogens with zero attached hydrogens (tertiary/aromatic N) is 2. The molecule has 0 aromatic carbocycles. The molecule has 5 nitrogen and oxygen atoms in total. The van der Waals surface area contributed by atoms with Gasteiger partial charge in [0, 0.05) is 6.20 Å². The summed E-state index contributed by atoms with van der Waals surface area (Å²) >= 11 is 2.39. The third-order valence-electron chi connectivity index (χ3n) is 2.31. The van der Waals surface area contributed by atoms with Gasteiger partial charge in [-0.1, -0.05) is 0 Å². The summed E-state index contributed by atoms with van der Waals surface area (Å²) in [5.41, 5.74) is 0.528. The number of carboxylic acid groups (broad SMARTS) is 1. The Morgan fingerprint density at radius 3 is 3.00 bits per heavy atom. The van der Waals surface area contributed by atoms with Crippen molar-refractivity contribution in [1.82, 2.24) is 8.96 Å². The smallest absolute Gasteiger partial charge is 0.353 e. The highest BCUT2D eigenvalue weighted by Gasteiger charge is 2.23. The van der Waals surface area contributed by atoms with Crippen molar-refractivity contribution < 1.29 is 16.8 Å². The van der Waals surface area contributed by atoms with Gasteiger partial charge in [0.2, 0.25) is 0 Å². The minimum Gasteiger partial charge on any atom is -0.477 e. The molecule has 2 rings (SSSR count). The maximum atomic E-state index is 13.6. The van der Waals surface area contributed by atoms with Gasteiger partial charge in [-0.25, -0.2) is 20.7 Å². The summed E-state index contributed by atoms with van der Waals surface area (Å²) in [5.74, 6) is -1.65. The maximum absolute atomic E-state index is 13.6. The van der Waals surface area contributed by atoms with Crippen LogP contribution in [0.1, 0.15) is 16.1 Å². The van der Waals surface area contributed by atoms with Gasteiger partial charge in [-0.05, 0) is 18.6 Å². The number of pyridine rings is 1. The number of rotatable bonds is 3. The number of hydrogen-bond donors (Lipinski definition) is 1. The molecule has 0 radical (unpaired) electrons. The number of hydrogen-bond acceptors (Lipinski definition) is 4. The standard InChI is InChI=1S/C9H6FIN2O3S/c1-4-6-5(10)2-3-12-8(6)13(17-16-11)7(4)9(14)15/h2-3H,1H3,(H,14,15). The lowest BCUT2D eigenvalue weighted by atomic mass is 10.2. The van der Waals surface area contributed by atoms with Gasteiger partial charge in [-0.3, -0.25) is 0 Å². The summed E-state index contributed by atoms with van der Waals surface area (Å²) in [7, 11) is 0. The molecule has 90 valence electrons. The van der Waals surface area contributed by atoms with E-state index in [4.69, 9.17) is 7.62 Å². The van der Waals surface area contributed by atoms with E-state index in [2.05, 4.69) is 4.98 Å². The molecule has 0 aliphatic heterocycles. The Hall–Kier alpha value is -0.870. The zero-order valence-electron chi connectivity index (χ0n) is 8.48. The summed E-state index contributed by atoms with van der Waals surface area (Å²) in [6, 6.07) is 1.20. The Morgan fingerprint density at radius 2 is 2.41 bits per heavy atom. The molecular formula is C9H6FIN2O3S. The van der Waals surface area contributed by atoms with Crippen LogP contribution in [0.5, 0.6) is 0 Å². The predicted molar refractivity (Wildman–Crippen MR) is 69.5 cm³/mol. The molecule has 0 bridgehead atoms. The van der Waals surface area contributed by atoms with Crippen molar-refractivity contribution in [2.75, 3.05) is 0 Å². The van der Waals surface area contributed by atoms with Crippen molar-refractivity contribution in [1.29, 1.82) is 0 Å². The van der Waals surface area contributed by atoms with Crippen LogP contribution < -0.4 is 0 Å². The lowest BCUT2D eigenvalue weighted by molar-refractivity contribution is 0.0689. The van der Waals surface area contributed by atoms with Crippen LogP contribution in [0.3, 0.4) is 0 Å². The number of aromatic carboxylic acids is 1. The molecule has 0 atom stereocenters. The molecule has 0 saturated heterocycles. The highest BCUT2D eigenvalue weighted by molar-refractivity contribution is 14.1. The molecule has 17 heavy (non-hydrogen) atoms. The van der Waals surface area contributed by atoms with E-state index < -0.39 is 11.8 Å². The van der Waals surface area contributed by atoms with Crippen molar-refractivity contribution in [3.63, 3.8) is 0 Å². The monoisotopic (exact) mass is 368 g/mol. The molecule has 8 heteroatoms. The van der Waals surface area contributed by atoms with Crippen molar-refractivity contribution in [2.45, 2.75) is 6.92 Å². The Balaban J connectivity index is 2.87. The summed E-state index contributed by atoms with van der Waals surface area (Å²) in [6.07, 6.45) is 1.28. The van der Waals surface area contributed by atoms with E-state index in [9.17, 15) is 9.18 Å². The van der Waals surface area contributed by atoms with E-state index in [1.165, 1.54) is 16.2 Å². The quantitative estimate of drug-likeness (QED) is 0.667. The predicted octanol–water partition coefficient (Wildman–Crippen LogP) is 2.96. The Kier molecular flexibility index (Phi) is 3.54. The average molecular weight is 368 g/mol. The zero-order chi connectivity index (χ0) is 12.6. The number of aromatic nitrogens is 2. The van der Waals surface area contributed by atoms with Crippen LogP contribution in [0.25, 0.3) is 11.0 Å². The molecule has 2 heterocycles. The van der Waals surface area contributed by atoms with Crippen LogP contribution in [0.4, 0.5) is 4.39 Å². The highest BCUT2D eigenvalue weighted by atomic mass is 127. The number of carbonyl (C=O) groups is 1. The average Bonchev–Trinajstić information content (AvgIpc) is 2.54. The SMILES string of the molecule is Cc1c(C(=O)O)n(SOI)c2nccc(F)c12. The van der Waals surface area contributed by atoms with Gasteiger partial charge in [0.15, 0.2) is 5.65 Å². The van der Waals surface area contributed by atoms with Crippen LogP contribution in [0.15, 0.2) is 12.3 Å². The minimum absolute atomic E-state index is 0.0423. The summed E-state index contributed by atoms with van der Waals surface area (Å²) in [6.45, 7) is 1.54. The van der Waals surface area contributed by atoms with Gasteiger partial charge in [0.05, 0.1) is 5.39 Å². The normalized spacial score (nSPS) is 11.0. The van der Waals surface area contributed by atoms with Gasteiger partial charge in [-0.2, -0.15) is 0 Å². The molecule has 0 amide bonds. The van der Waals surface area contributed by atoms with Crippen LogP contribution >= 0.6 is 35.2 Å². The topological polar surface area (TPSA) is 64.3 Å². The third kappa shape index (κ3) is 2.00. The second-order valence-corrected chi connectivity index (χ2v) is 4.92. The van der Waals surface area contributed by atoms with Gasteiger partial charge >= 0.3 is 5.97 Å². The molecule has 0 aliphatic rings. The molecule has 0 fully saturated rings. The summed E-state index contributed by atoms with van der Waals surface area (Å²) < 4.78 is 19.7. The van der Waals surface area contributed by atoms with E-state index in [0.717, 1.165) is 12.2 Å². The Labute approximate surface area is 114 Å². The number of halogens is 2. The highest BCUT2D eigenvalue weighted by Crippen LogP contribution is 2.31. The van der Waals surface area contributed by atoms with Gasteiger partial charge in [0.25, 0.3) is 0 Å². The molecule has 0 saturated carbocycles. The summed E-state index contributed by atoms with van der Waals surface area (Å²) in [4.78, 5) is 15.1. The van der Waals surface area contributed by atoms with Gasteiger partial charge < -0.3 is 5.11 Å². The van der Waals surface area contributed by atoms with Crippen LogP contribution in [0.2, 0.25) is 0 Å². The number of aryl methyl sites for hydroxylation is 1. The fourth-order valence-corrected chi connectivity index (χ4v) is 2.69. The largest absolute Gasteiger partial charge is 0.477 e. The molecule has 1 N–H and O–H groups in total. The molecular weight excluding hydrogens is 362 g/mol. The van der Waals surface area contributed by atoms with E-state index in [0.29, 0.717) is 5.56 Å². The fourth-order valence-electron chi connectivity index (χ4n) is 1.65. The number of carboxylic acids is 1. The molecule has 2 aromatic rings. The van der Waals surface area contributed by atoms with E-state index in [1.807, 2.05) is 0 Å². The van der Waals surface area contributed by atoms with Gasteiger partial charge in [0.1, 0.15) is 46.7 Å². The Morgan fingerprint density at radius 1 is 1.71 bits per heavy atom. The van der Waals surface area contributed by atoms with Crippen LogP contribution in [-0.2, 0) is 2.51 Å². The van der Waals surface area contributed by atoms with Gasteiger partial charge in [-0.15, -0.1) is 0 Å². The molecule has 0 aliphatic carbocycles. The first-order chi connectivity index (χ1) is 8.07. The van der Waals surface area contributed by atoms with Crippen molar-refractivity contribution >= 4 is 52.2 Å². The number of fused-ring (bicyclic) bond motifs is 1. The maximum Gasteiger partial charge on any atom is 0.353 e. The van der Waals surface area contributed by atoms with E-state index in [-0.39, 0.29) is 16.7 Å². The minimum atomic E-state index is -1.15. The van der Waals surface area contributed by atoms with E-state index in [1.54, 1.807) is 29.9 Å². The fraction of sp³-hybridized carbons (Fsp3) is 0.111. The van der Waals surface area contributed by atoms with Crippen LogP contribution in [-0.4, -0.2) is 20.0 Å². The first-order valence-corrected chi connectivity index (χ1v) is 6.00. The molecule has 0 unspecified atom stereocenters. The first kappa shape index (κ1) is 12.6. The lowest BCUT2D eigenvalue weighted by Gasteiger charge is -2.01. The molecule has 0 spiro atoms. The molecule has 2 aromatic heterocycles. The Bertz CT molecular complexity index is 601. The van der Waals surface area contributed by atoms with Crippen molar-refractivity contribution in [3.05, 3.63) is 29.3 Å². The zero-order valence-corrected chi connectivity index (χ0v) is 11.5. The third-order valence-corrected chi connectivity index (χ3v) is 3.35. The lowest BCUT2D eigenvalue weighted by Crippen LogP contribution is -2.04. The first-order valence-electron chi connectivity index (χ1n) is 4.42. The van der Waals surface area contributed by atoms with E-state index >= 15 is 0 Å². The van der Waals surface area contributed by atoms with Crippen molar-refractivity contribution in [3.8, 4) is 0 Å².